The molecule has 6 heteroatoms. The van der Waals surface area contributed by atoms with Gasteiger partial charge in [0.15, 0.2) is 0 Å². The maximum Gasteiger partial charge on any atom is 0.232 e. The van der Waals surface area contributed by atoms with Gasteiger partial charge in [0, 0.05) is 25.7 Å². The molecule has 3 heterocycles. The first kappa shape index (κ1) is 14.4. The van der Waals surface area contributed by atoms with Crippen LogP contribution in [0.25, 0.3) is 0 Å². The van der Waals surface area contributed by atoms with Gasteiger partial charge < -0.3 is 15.5 Å². The zero-order valence-corrected chi connectivity index (χ0v) is 13.0. The third kappa shape index (κ3) is 3.19. The summed E-state index contributed by atoms with van der Waals surface area (Å²) in [6.07, 6.45) is 8.57. The molecule has 0 radical (unpaired) electrons. The summed E-state index contributed by atoms with van der Waals surface area (Å²) in [5.41, 5.74) is 5.94. The molecule has 1 unspecified atom stereocenters. The molecule has 0 aliphatic carbocycles. The van der Waals surface area contributed by atoms with Gasteiger partial charge in [-0.25, -0.2) is 0 Å². The number of hydrogen-bond donors (Lipinski definition) is 1. The van der Waals surface area contributed by atoms with E-state index < -0.39 is 0 Å². The normalized spacial score (nSPS) is 22.8. The van der Waals surface area contributed by atoms with Crippen LogP contribution < -0.4 is 15.5 Å². The highest BCUT2D eigenvalue weighted by molar-refractivity contribution is 5.45. The number of aromatic nitrogens is 3. The Morgan fingerprint density at radius 3 is 2.48 bits per heavy atom. The quantitative estimate of drug-likeness (QED) is 0.916. The second kappa shape index (κ2) is 6.45. The summed E-state index contributed by atoms with van der Waals surface area (Å²) in [6.45, 7) is 5.33. The van der Waals surface area contributed by atoms with Crippen LogP contribution in [0.15, 0.2) is 0 Å². The van der Waals surface area contributed by atoms with Crippen molar-refractivity contribution in [2.45, 2.75) is 57.9 Å². The highest BCUT2D eigenvalue weighted by Crippen LogP contribution is 2.27. The van der Waals surface area contributed by atoms with E-state index in [-0.39, 0.29) is 0 Å². The molecule has 2 N–H and O–H groups in total. The number of nitrogens with zero attached hydrogens (tertiary/aromatic N) is 5. The van der Waals surface area contributed by atoms with Gasteiger partial charge >= 0.3 is 0 Å². The maximum absolute atomic E-state index is 5.94. The molecular weight excluding hydrogens is 264 g/mol. The first-order valence-electron chi connectivity index (χ1n) is 8.31. The Morgan fingerprint density at radius 1 is 1.00 bits per heavy atom. The maximum atomic E-state index is 5.94. The Labute approximate surface area is 126 Å². The number of nitrogens with two attached hydrogens (primary N) is 1. The number of nitrogen functional groups attached to an aromatic ring is 1. The third-order valence-electron chi connectivity index (χ3n) is 4.52. The van der Waals surface area contributed by atoms with Crippen molar-refractivity contribution in [3.63, 3.8) is 0 Å². The Morgan fingerprint density at radius 2 is 1.71 bits per heavy atom. The lowest BCUT2D eigenvalue weighted by Gasteiger charge is -2.36. The van der Waals surface area contributed by atoms with E-state index in [1.54, 1.807) is 0 Å². The highest BCUT2D eigenvalue weighted by Gasteiger charge is 2.26. The van der Waals surface area contributed by atoms with E-state index in [9.17, 15) is 0 Å². The second-order valence-electron chi connectivity index (χ2n) is 6.12. The molecule has 2 aliphatic heterocycles. The predicted molar refractivity (Wildman–Crippen MR) is 85.6 cm³/mol. The fraction of sp³-hybridized carbons (Fsp3) is 0.800. The van der Waals surface area contributed by atoms with Crippen LogP contribution in [0.2, 0.25) is 0 Å². The Balaban J connectivity index is 1.85. The smallest absolute Gasteiger partial charge is 0.232 e. The zero-order chi connectivity index (χ0) is 14.7. The largest absolute Gasteiger partial charge is 0.368 e. The molecule has 2 aliphatic rings. The Hall–Kier alpha value is -1.59. The minimum atomic E-state index is 0.350. The van der Waals surface area contributed by atoms with Gasteiger partial charge in [0.2, 0.25) is 17.8 Å². The van der Waals surface area contributed by atoms with Crippen LogP contribution >= 0.6 is 0 Å². The van der Waals surface area contributed by atoms with Gasteiger partial charge in [-0.15, -0.1) is 0 Å². The van der Waals surface area contributed by atoms with E-state index in [4.69, 9.17) is 10.7 Å². The summed E-state index contributed by atoms with van der Waals surface area (Å²) in [5.74, 6) is 1.89. The summed E-state index contributed by atoms with van der Waals surface area (Å²) in [4.78, 5) is 18.0. The first-order valence-corrected chi connectivity index (χ1v) is 8.31. The molecule has 0 amide bonds. The number of anilines is 3. The van der Waals surface area contributed by atoms with Crippen LogP contribution in [-0.4, -0.2) is 40.6 Å². The van der Waals surface area contributed by atoms with Crippen LogP contribution in [0.5, 0.6) is 0 Å². The SMILES string of the molecule is CCCC1CCCCN1c1nc(N)nc(N2CCCC2)n1. The average Bonchev–Trinajstić information content (AvgIpc) is 3.02. The molecule has 1 atom stereocenters. The Kier molecular flexibility index (Phi) is 4.41. The lowest BCUT2D eigenvalue weighted by molar-refractivity contribution is 0.428. The second-order valence-corrected chi connectivity index (χ2v) is 6.12. The van der Waals surface area contributed by atoms with E-state index in [0.29, 0.717) is 12.0 Å². The van der Waals surface area contributed by atoms with E-state index in [2.05, 4.69) is 26.7 Å². The number of rotatable bonds is 4. The van der Waals surface area contributed by atoms with Crippen LogP contribution in [0, 0.1) is 0 Å². The molecule has 1 aromatic rings. The number of hydrogen-bond acceptors (Lipinski definition) is 6. The van der Waals surface area contributed by atoms with Crippen molar-refractivity contribution in [3.8, 4) is 0 Å². The van der Waals surface area contributed by atoms with Crippen LogP contribution in [0.4, 0.5) is 17.8 Å². The van der Waals surface area contributed by atoms with Crippen molar-refractivity contribution in [1.29, 1.82) is 0 Å². The molecule has 1 aromatic heterocycles. The summed E-state index contributed by atoms with van der Waals surface area (Å²) in [6, 6.07) is 0.553. The predicted octanol–water partition coefficient (Wildman–Crippen LogP) is 2.21. The molecule has 2 fully saturated rings. The lowest BCUT2D eigenvalue weighted by Crippen LogP contribution is -2.41. The summed E-state index contributed by atoms with van der Waals surface area (Å²) in [7, 11) is 0. The zero-order valence-electron chi connectivity index (χ0n) is 13.0. The van der Waals surface area contributed by atoms with Gasteiger partial charge in [-0.3, -0.25) is 0 Å². The summed E-state index contributed by atoms with van der Waals surface area (Å²) >= 11 is 0. The van der Waals surface area contributed by atoms with Crippen molar-refractivity contribution < 1.29 is 0 Å². The fourth-order valence-electron chi connectivity index (χ4n) is 3.45. The van der Waals surface area contributed by atoms with Crippen molar-refractivity contribution >= 4 is 17.8 Å². The van der Waals surface area contributed by atoms with Gasteiger partial charge in [0.25, 0.3) is 0 Å². The minimum Gasteiger partial charge on any atom is -0.368 e. The molecule has 0 saturated carbocycles. The Bertz CT molecular complexity index is 469. The molecule has 6 nitrogen and oxygen atoms in total. The molecule has 0 aromatic carbocycles. The first-order chi connectivity index (χ1) is 10.3. The lowest BCUT2D eigenvalue weighted by atomic mass is 9.99. The van der Waals surface area contributed by atoms with E-state index >= 15 is 0 Å². The summed E-state index contributed by atoms with van der Waals surface area (Å²) < 4.78 is 0. The molecule has 2 saturated heterocycles. The minimum absolute atomic E-state index is 0.350. The van der Waals surface area contributed by atoms with Gasteiger partial charge in [-0.2, -0.15) is 15.0 Å². The topological polar surface area (TPSA) is 71.2 Å². The highest BCUT2D eigenvalue weighted by atomic mass is 15.4. The van der Waals surface area contributed by atoms with Crippen molar-refractivity contribution in [3.05, 3.63) is 0 Å². The standard InChI is InChI=1S/C15H26N6/c1-2-7-12-8-3-4-11-21(12)15-18-13(16)17-14(19-15)20-9-5-6-10-20/h12H,2-11H2,1H3,(H2,16,17,18,19). The van der Waals surface area contributed by atoms with Gasteiger partial charge in [0.05, 0.1) is 0 Å². The molecule has 3 rings (SSSR count). The molecule has 0 spiro atoms. The van der Waals surface area contributed by atoms with Gasteiger partial charge in [-0.1, -0.05) is 13.3 Å². The van der Waals surface area contributed by atoms with Crippen molar-refractivity contribution in [2.24, 2.45) is 0 Å². The van der Waals surface area contributed by atoms with E-state index in [1.165, 1.54) is 44.9 Å². The monoisotopic (exact) mass is 290 g/mol. The average molecular weight is 290 g/mol. The third-order valence-corrected chi connectivity index (χ3v) is 4.52. The molecule has 21 heavy (non-hydrogen) atoms. The molecule has 0 bridgehead atoms. The van der Waals surface area contributed by atoms with Gasteiger partial charge in [0.1, 0.15) is 0 Å². The van der Waals surface area contributed by atoms with Crippen LogP contribution in [0.1, 0.15) is 51.9 Å². The van der Waals surface area contributed by atoms with Crippen molar-refractivity contribution in [2.75, 3.05) is 35.2 Å². The van der Waals surface area contributed by atoms with Crippen LogP contribution in [-0.2, 0) is 0 Å². The molecule has 116 valence electrons. The van der Waals surface area contributed by atoms with E-state index in [0.717, 1.165) is 31.5 Å². The van der Waals surface area contributed by atoms with Crippen molar-refractivity contribution in [1.82, 2.24) is 15.0 Å². The van der Waals surface area contributed by atoms with E-state index in [1.807, 2.05) is 0 Å². The molecular formula is C15H26N6. The van der Waals surface area contributed by atoms with Gasteiger partial charge in [-0.05, 0) is 38.5 Å². The summed E-state index contributed by atoms with van der Waals surface area (Å²) in [5, 5.41) is 0. The number of piperidine rings is 1. The fourth-order valence-corrected chi connectivity index (χ4v) is 3.45. The van der Waals surface area contributed by atoms with Crippen LogP contribution in [0.3, 0.4) is 0 Å².